The van der Waals surface area contributed by atoms with Gasteiger partial charge < -0.3 is 9.64 Å². The fourth-order valence-corrected chi connectivity index (χ4v) is 5.16. The maximum atomic E-state index is 12.3. The van der Waals surface area contributed by atoms with E-state index in [1.165, 1.54) is 5.56 Å². The van der Waals surface area contributed by atoms with Gasteiger partial charge in [0.05, 0.1) is 10.2 Å². The predicted octanol–water partition coefficient (Wildman–Crippen LogP) is 5.36. The number of aryl methyl sites for hydroxylation is 1. The molecule has 3 aromatic heterocycles. The molecule has 1 saturated heterocycles. The quantitative estimate of drug-likeness (QED) is 0.412. The molecule has 0 atom stereocenters. The molecule has 0 saturated carbocycles. The Morgan fingerprint density at radius 3 is 2.72 bits per heavy atom. The van der Waals surface area contributed by atoms with E-state index in [9.17, 15) is 4.79 Å². The molecule has 0 bridgehead atoms. The number of carbonyl (C=O) groups is 1. The molecule has 1 aliphatic heterocycles. The van der Waals surface area contributed by atoms with Crippen molar-refractivity contribution in [2.45, 2.75) is 45.1 Å². The van der Waals surface area contributed by atoms with Crippen LogP contribution in [0, 0.1) is 0 Å². The van der Waals surface area contributed by atoms with Crippen LogP contribution < -0.4 is 0 Å². The maximum Gasteiger partial charge on any atom is 0.410 e. The summed E-state index contributed by atoms with van der Waals surface area (Å²) < 4.78 is 8.44. The van der Waals surface area contributed by atoms with Crippen LogP contribution in [-0.4, -0.2) is 49.4 Å². The Morgan fingerprint density at radius 2 is 1.97 bits per heavy atom. The molecule has 7 nitrogen and oxygen atoms in total. The van der Waals surface area contributed by atoms with E-state index in [1.807, 2.05) is 55.9 Å². The molecule has 4 aromatic rings. The minimum absolute atomic E-state index is 0.220. The van der Waals surface area contributed by atoms with Gasteiger partial charge >= 0.3 is 6.09 Å². The van der Waals surface area contributed by atoms with Gasteiger partial charge in [0.1, 0.15) is 10.6 Å². The number of carbonyl (C=O) groups excluding carboxylic acids is 1. The summed E-state index contributed by atoms with van der Waals surface area (Å²) in [5.41, 5.74) is 3.61. The number of hydrogen-bond donors (Lipinski definition) is 0. The van der Waals surface area contributed by atoms with E-state index in [4.69, 9.17) is 9.72 Å². The Morgan fingerprint density at radius 1 is 1.19 bits per heavy atom. The Labute approximate surface area is 191 Å². The summed E-state index contributed by atoms with van der Waals surface area (Å²) in [4.78, 5) is 23.6. The first-order valence-electron chi connectivity index (χ1n) is 10.9. The maximum absolute atomic E-state index is 12.3. The molecular formula is C24H27N5O2S. The minimum atomic E-state index is -0.464. The van der Waals surface area contributed by atoms with Crippen molar-refractivity contribution < 1.29 is 9.53 Å². The van der Waals surface area contributed by atoms with Crippen molar-refractivity contribution in [1.82, 2.24) is 24.6 Å². The number of amides is 1. The van der Waals surface area contributed by atoms with Crippen LogP contribution >= 0.6 is 11.3 Å². The number of benzene rings is 1. The average molecular weight is 450 g/mol. The highest BCUT2D eigenvalue weighted by Crippen LogP contribution is 2.34. The van der Waals surface area contributed by atoms with Crippen LogP contribution in [0.15, 0.2) is 36.7 Å². The molecule has 5 rings (SSSR count). The van der Waals surface area contributed by atoms with Gasteiger partial charge in [-0.2, -0.15) is 5.10 Å². The standard InChI is InChI=1S/C24H27N5O2S/c1-24(2,3)31-23(30)29-9-7-15(8-10-29)17-12-20-21(25-13-17)26-22(32-20)16-5-6-19-18(11-16)14-28(4)27-19/h5-6,11-15H,7-10H2,1-4H3. The van der Waals surface area contributed by atoms with Crippen LogP contribution in [-0.2, 0) is 11.8 Å². The van der Waals surface area contributed by atoms with Gasteiger partial charge in [0.25, 0.3) is 0 Å². The summed E-state index contributed by atoms with van der Waals surface area (Å²) in [5, 5.41) is 6.52. The first-order valence-corrected chi connectivity index (χ1v) is 11.7. The van der Waals surface area contributed by atoms with Crippen LogP contribution in [0.5, 0.6) is 0 Å². The van der Waals surface area contributed by atoms with Gasteiger partial charge in [-0.1, -0.05) is 0 Å². The molecule has 8 heteroatoms. The highest BCUT2D eigenvalue weighted by atomic mass is 32.1. The number of likely N-dealkylation sites (tertiary alicyclic amines) is 1. The van der Waals surface area contributed by atoms with Crippen molar-refractivity contribution in [2.75, 3.05) is 13.1 Å². The third kappa shape index (κ3) is 4.19. The lowest BCUT2D eigenvalue weighted by Crippen LogP contribution is -2.41. The Kier molecular flexibility index (Phi) is 5.12. The van der Waals surface area contributed by atoms with Gasteiger partial charge in [0.2, 0.25) is 0 Å². The third-order valence-electron chi connectivity index (χ3n) is 5.75. The van der Waals surface area contributed by atoms with Gasteiger partial charge in [0, 0.05) is 43.5 Å². The molecular weight excluding hydrogens is 422 g/mol. The van der Waals surface area contributed by atoms with Gasteiger partial charge in [-0.05, 0) is 69.4 Å². The Balaban J connectivity index is 1.32. The third-order valence-corrected chi connectivity index (χ3v) is 6.79. The number of nitrogens with zero attached hydrogens (tertiary/aromatic N) is 5. The predicted molar refractivity (Wildman–Crippen MR) is 127 cm³/mol. The molecule has 0 aliphatic carbocycles. The van der Waals surface area contributed by atoms with Crippen LogP contribution in [0.1, 0.15) is 45.1 Å². The summed E-state index contributed by atoms with van der Waals surface area (Å²) in [7, 11) is 1.93. The van der Waals surface area contributed by atoms with Gasteiger partial charge in [-0.25, -0.2) is 14.8 Å². The number of ether oxygens (including phenoxy) is 1. The second-order valence-corrected chi connectivity index (χ2v) is 10.5. The zero-order valence-corrected chi connectivity index (χ0v) is 19.6. The topological polar surface area (TPSA) is 73.1 Å². The monoisotopic (exact) mass is 449 g/mol. The van der Waals surface area contributed by atoms with Crippen molar-refractivity contribution in [3.63, 3.8) is 0 Å². The molecule has 0 N–H and O–H groups in total. The molecule has 32 heavy (non-hydrogen) atoms. The fraction of sp³-hybridized carbons (Fsp3) is 0.417. The molecule has 1 aliphatic rings. The molecule has 1 amide bonds. The second kappa shape index (κ2) is 7.85. The summed E-state index contributed by atoms with van der Waals surface area (Å²) in [6.45, 7) is 7.11. The van der Waals surface area contributed by atoms with Crippen molar-refractivity contribution in [1.29, 1.82) is 0 Å². The summed E-state index contributed by atoms with van der Waals surface area (Å²) >= 11 is 1.67. The number of fused-ring (bicyclic) bond motifs is 2. The zero-order chi connectivity index (χ0) is 22.5. The van der Waals surface area contributed by atoms with E-state index in [0.29, 0.717) is 19.0 Å². The minimum Gasteiger partial charge on any atom is -0.444 e. The first kappa shape index (κ1) is 20.9. The van der Waals surface area contributed by atoms with Gasteiger partial charge in [-0.15, -0.1) is 11.3 Å². The van der Waals surface area contributed by atoms with Gasteiger partial charge in [0.15, 0.2) is 5.65 Å². The van der Waals surface area contributed by atoms with Gasteiger partial charge in [-0.3, -0.25) is 4.68 Å². The SMILES string of the molecule is Cn1cc2cc(-c3nc4ncc(C5CCN(C(=O)OC(C)(C)C)CC5)cc4s3)ccc2n1. The number of pyridine rings is 1. The Bertz CT molecular complexity index is 1290. The van der Waals surface area contributed by atoms with Crippen LogP contribution in [0.25, 0.3) is 31.8 Å². The van der Waals surface area contributed by atoms with E-state index in [1.54, 1.807) is 11.3 Å². The number of piperidine rings is 1. The van der Waals surface area contributed by atoms with E-state index in [2.05, 4.69) is 28.3 Å². The largest absolute Gasteiger partial charge is 0.444 e. The normalized spacial score (nSPS) is 15.6. The average Bonchev–Trinajstić information content (AvgIpc) is 3.33. The van der Waals surface area contributed by atoms with Crippen LogP contribution in [0.3, 0.4) is 0 Å². The number of rotatable bonds is 2. The highest BCUT2D eigenvalue weighted by Gasteiger charge is 2.28. The van der Waals surface area contributed by atoms with E-state index in [-0.39, 0.29) is 6.09 Å². The smallest absolute Gasteiger partial charge is 0.410 e. The second-order valence-electron chi connectivity index (χ2n) is 9.43. The lowest BCUT2D eigenvalue weighted by molar-refractivity contribution is 0.0205. The number of aromatic nitrogens is 4. The first-order chi connectivity index (χ1) is 15.2. The molecule has 4 heterocycles. The summed E-state index contributed by atoms with van der Waals surface area (Å²) in [6, 6.07) is 8.46. The molecule has 1 fully saturated rings. The molecule has 0 spiro atoms. The lowest BCUT2D eigenvalue weighted by atomic mass is 9.91. The van der Waals surface area contributed by atoms with Crippen LogP contribution in [0.2, 0.25) is 0 Å². The highest BCUT2D eigenvalue weighted by molar-refractivity contribution is 7.21. The molecule has 166 valence electrons. The van der Waals surface area contributed by atoms with E-state index in [0.717, 1.165) is 44.7 Å². The molecule has 0 radical (unpaired) electrons. The van der Waals surface area contributed by atoms with Crippen molar-refractivity contribution in [2.24, 2.45) is 7.05 Å². The van der Waals surface area contributed by atoms with E-state index < -0.39 is 5.60 Å². The number of thiazole rings is 1. The lowest BCUT2D eigenvalue weighted by Gasteiger charge is -2.33. The van der Waals surface area contributed by atoms with Crippen molar-refractivity contribution in [3.8, 4) is 10.6 Å². The summed E-state index contributed by atoms with van der Waals surface area (Å²) in [6.07, 6.45) is 5.57. The van der Waals surface area contributed by atoms with Crippen molar-refractivity contribution in [3.05, 3.63) is 42.2 Å². The van der Waals surface area contributed by atoms with Crippen molar-refractivity contribution >= 4 is 38.7 Å². The molecule has 0 unspecified atom stereocenters. The van der Waals surface area contributed by atoms with Crippen LogP contribution in [0.4, 0.5) is 4.79 Å². The summed E-state index contributed by atoms with van der Waals surface area (Å²) in [5.74, 6) is 0.392. The fourth-order valence-electron chi connectivity index (χ4n) is 4.19. The number of hydrogen-bond acceptors (Lipinski definition) is 6. The zero-order valence-electron chi connectivity index (χ0n) is 18.8. The van der Waals surface area contributed by atoms with E-state index >= 15 is 0 Å². The Hall–Kier alpha value is -3.00. The molecule has 1 aromatic carbocycles.